The number of anilines is 1. The van der Waals surface area contributed by atoms with E-state index in [1.807, 2.05) is 0 Å². The van der Waals surface area contributed by atoms with Crippen molar-refractivity contribution >= 4 is 5.82 Å². The highest BCUT2D eigenvalue weighted by Crippen LogP contribution is 2.40. The van der Waals surface area contributed by atoms with Crippen LogP contribution >= 0.6 is 0 Å². The number of rotatable bonds is 7. The molecule has 0 saturated heterocycles. The van der Waals surface area contributed by atoms with Gasteiger partial charge in [-0.3, -0.25) is 4.98 Å². The van der Waals surface area contributed by atoms with Crippen LogP contribution in [-0.4, -0.2) is 31.3 Å². The Hall–Kier alpha value is -3.70. The Balaban J connectivity index is 2.01. The van der Waals surface area contributed by atoms with Crippen molar-refractivity contribution in [1.29, 1.82) is 0 Å². The second-order valence-electron chi connectivity index (χ2n) is 6.94. The maximum absolute atomic E-state index is 13.3. The minimum absolute atomic E-state index is 0.0105. The predicted octanol–water partition coefficient (Wildman–Crippen LogP) is 5.82. The van der Waals surface area contributed by atoms with Crippen molar-refractivity contribution in [1.82, 2.24) is 9.97 Å². The SMILES string of the molecule is COc1cc(CNc2nccnc2-c2cc(C(F)(F)F)cc(C(F)(F)F)c2)cc(OC)c1OC. The summed E-state index contributed by atoms with van der Waals surface area (Å²) in [6, 6.07) is 4.53. The van der Waals surface area contributed by atoms with Gasteiger partial charge in [0.25, 0.3) is 0 Å². The summed E-state index contributed by atoms with van der Waals surface area (Å²) in [5.74, 6) is 1.08. The van der Waals surface area contributed by atoms with Crippen LogP contribution in [-0.2, 0) is 18.9 Å². The van der Waals surface area contributed by atoms with Gasteiger partial charge in [-0.1, -0.05) is 0 Å². The molecular formula is C22H19F6N3O3. The lowest BCUT2D eigenvalue weighted by Crippen LogP contribution is -2.12. The number of nitrogens with zero attached hydrogens (tertiary/aromatic N) is 2. The molecule has 0 spiro atoms. The van der Waals surface area contributed by atoms with Gasteiger partial charge in [-0.2, -0.15) is 26.3 Å². The number of ether oxygens (including phenoxy) is 3. The molecule has 0 bridgehead atoms. The van der Waals surface area contributed by atoms with Crippen molar-refractivity contribution in [2.24, 2.45) is 0 Å². The summed E-state index contributed by atoms with van der Waals surface area (Å²) in [7, 11) is 4.30. The van der Waals surface area contributed by atoms with Crippen LogP contribution in [0.25, 0.3) is 11.3 Å². The van der Waals surface area contributed by atoms with Gasteiger partial charge in [0.05, 0.1) is 32.5 Å². The van der Waals surface area contributed by atoms with Crippen molar-refractivity contribution in [2.45, 2.75) is 18.9 Å². The first kappa shape index (κ1) is 24.9. The third-order valence-corrected chi connectivity index (χ3v) is 4.74. The molecule has 182 valence electrons. The number of aromatic nitrogens is 2. The minimum Gasteiger partial charge on any atom is -0.493 e. The van der Waals surface area contributed by atoms with Gasteiger partial charge in [0, 0.05) is 24.5 Å². The quantitative estimate of drug-likeness (QED) is 0.424. The van der Waals surface area contributed by atoms with Gasteiger partial charge in [0.2, 0.25) is 5.75 Å². The van der Waals surface area contributed by atoms with Crippen LogP contribution in [0, 0.1) is 0 Å². The van der Waals surface area contributed by atoms with Crippen LogP contribution in [0.2, 0.25) is 0 Å². The molecule has 3 rings (SSSR count). The van der Waals surface area contributed by atoms with Crippen molar-refractivity contribution < 1.29 is 40.6 Å². The molecule has 12 heteroatoms. The number of halogens is 6. The van der Waals surface area contributed by atoms with Crippen LogP contribution in [0.3, 0.4) is 0 Å². The molecule has 6 nitrogen and oxygen atoms in total. The normalized spacial score (nSPS) is 11.8. The molecule has 0 aliphatic carbocycles. The van der Waals surface area contributed by atoms with Crippen LogP contribution in [0.1, 0.15) is 16.7 Å². The van der Waals surface area contributed by atoms with Crippen molar-refractivity contribution in [2.75, 3.05) is 26.6 Å². The van der Waals surface area contributed by atoms with Gasteiger partial charge >= 0.3 is 12.4 Å². The summed E-state index contributed by atoms with van der Waals surface area (Å²) in [5, 5.41) is 2.90. The molecule has 34 heavy (non-hydrogen) atoms. The van der Waals surface area contributed by atoms with E-state index >= 15 is 0 Å². The van der Waals surface area contributed by atoms with E-state index in [1.54, 1.807) is 12.1 Å². The number of alkyl halides is 6. The van der Waals surface area contributed by atoms with Crippen LogP contribution in [0.15, 0.2) is 42.7 Å². The Kier molecular flexibility index (Phi) is 7.08. The zero-order chi connectivity index (χ0) is 25.1. The highest BCUT2D eigenvalue weighted by atomic mass is 19.4. The van der Waals surface area contributed by atoms with Crippen LogP contribution in [0.4, 0.5) is 32.2 Å². The summed E-state index contributed by atoms with van der Waals surface area (Å²) in [6.45, 7) is 0.0769. The molecule has 0 fully saturated rings. The van der Waals surface area contributed by atoms with Gasteiger partial charge in [-0.15, -0.1) is 0 Å². The molecule has 0 saturated carbocycles. The fourth-order valence-electron chi connectivity index (χ4n) is 3.19. The van der Waals surface area contributed by atoms with E-state index in [0.717, 1.165) is 0 Å². The lowest BCUT2D eigenvalue weighted by molar-refractivity contribution is -0.143. The first-order valence-corrected chi connectivity index (χ1v) is 9.61. The van der Waals surface area contributed by atoms with E-state index in [4.69, 9.17) is 14.2 Å². The highest BCUT2D eigenvalue weighted by Gasteiger charge is 2.37. The monoisotopic (exact) mass is 487 g/mol. The number of nitrogens with one attached hydrogen (secondary N) is 1. The standard InChI is InChI=1S/C22H19F6N3O3/c1-32-16-6-12(7-17(33-2)19(16)34-3)11-31-20-18(29-4-5-30-20)13-8-14(21(23,24)25)10-15(9-13)22(26,27)28/h4-10H,11H2,1-3H3,(H,30,31). The molecule has 0 unspecified atom stereocenters. The molecule has 0 atom stereocenters. The largest absolute Gasteiger partial charge is 0.493 e. The molecule has 3 aromatic rings. The maximum atomic E-state index is 13.3. The van der Waals surface area contributed by atoms with Gasteiger partial charge < -0.3 is 19.5 Å². The number of benzene rings is 2. The van der Waals surface area contributed by atoms with Gasteiger partial charge in [-0.05, 0) is 35.9 Å². The predicted molar refractivity (Wildman–Crippen MR) is 111 cm³/mol. The van der Waals surface area contributed by atoms with Gasteiger partial charge in [0.15, 0.2) is 17.3 Å². The van der Waals surface area contributed by atoms with Crippen molar-refractivity contribution in [3.63, 3.8) is 0 Å². The molecule has 1 aromatic heterocycles. The number of methoxy groups -OCH3 is 3. The first-order chi connectivity index (χ1) is 16.0. The summed E-state index contributed by atoms with van der Waals surface area (Å²) >= 11 is 0. The molecule has 0 radical (unpaired) electrons. The molecule has 0 amide bonds. The van der Waals surface area contributed by atoms with Crippen LogP contribution in [0.5, 0.6) is 17.2 Å². The van der Waals surface area contributed by atoms with E-state index in [1.165, 1.54) is 33.7 Å². The van der Waals surface area contributed by atoms with E-state index in [0.29, 0.717) is 34.9 Å². The maximum Gasteiger partial charge on any atom is 0.416 e. The molecule has 1 heterocycles. The van der Waals surface area contributed by atoms with E-state index in [2.05, 4.69) is 15.3 Å². The van der Waals surface area contributed by atoms with Gasteiger partial charge in [-0.25, -0.2) is 4.98 Å². The third-order valence-electron chi connectivity index (χ3n) is 4.74. The molecule has 0 aliphatic rings. The smallest absolute Gasteiger partial charge is 0.416 e. The lowest BCUT2D eigenvalue weighted by Gasteiger charge is -2.16. The number of hydrogen-bond acceptors (Lipinski definition) is 6. The van der Waals surface area contributed by atoms with Crippen molar-refractivity contribution in [3.05, 3.63) is 59.4 Å². The molecule has 0 aliphatic heterocycles. The average Bonchev–Trinajstić information content (AvgIpc) is 2.80. The lowest BCUT2D eigenvalue weighted by atomic mass is 10.0. The summed E-state index contributed by atoms with van der Waals surface area (Å²) in [5.41, 5.74) is -2.84. The van der Waals surface area contributed by atoms with Gasteiger partial charge in [0.1, 0.15) is 5.69 Å². The topological polar surface area (TPSA) is 65.5 Å². The first-order valence-electron chi connectivity index (χ1n) is 9.61. The van der Waals surface area contributed by atoms with Crippen molar-refractivity contribution in [3.8, 4) is 28.5 Å². The summed E-state index contributed by atoms with van der Waals surface area (Å²) in [4.78, 5) is 8.02. The Morgan fingerprint density at radius 3 is 1.74 bits per heavy atom. The molecular weight excluding hydrogens is 468 g/mol. The Bertz CT molecular complexity index is 1110. The molecule has 2 aromatic carbocycles. The highest BCUT2D eigenvalue weighted by molar-refractivity contribution is 5.72. The van der Waals surface area contributed by atoms with E-state index in [9.17, 15) is 26.3 Å². The zero-order valence-electron chi connectivity index (χ0n) is 18.1. The Morgan fingerprint density at radius 2 is 1.26 bits per heavy atom. The minimum atomic E-state index is -4.98. The fourth-order valence-corrected chi connectivity index (χ4v) is 3.19. The van der Waals surface area contributed by atoms with Crippen LogP contribution < -0.4 is 19.5 Å². The Labute approximate surface area is 190 Å². The third kappa shape index (κ3) is 5.43. The number of hydrogen-bond donors (Lipinski definition) is 1. The fraction of sp³-hybridized carbons (Fsp3) is 0.273. The molecule has 1 N–H and O–H groups in total. The average molecular weight is 487 g/mol. The second-order valence-corrected chi connectivity index (χ2v) is 6.94. The van der Waals surface area contributed by atoms with E-state index < -0.39 is 23.5 Å². The second kappa shape index (κ2) is 9.65. The summed E-state index contributed by atoms with van der Waals surface area (Å²) in [6.07, 6.45) is -7.53. The summed E-state index contributed by atoms with van der Waals surface area (Å²) < 4.78 is 95.5. The van der Waals surface area contributed by atoms with E-state index in [-0.39, 0.29) is 29.7 Å². The zero-order valence-corrected chi connectivity index (χ0v) is 18.1. The Morgan fingerprint density at radius 1 is 0.735 bits per heavy atom.